The first kappa shape index (κ1) is 8.10. The average molecular weight is 173 g/mol. The summed E-state index contributed by atoms with van der Waals surface area (Å²) in [6.07, 6.45) is 2.68. The molecule has 3 heteroatoms. The van der Waals surface area contributed by atoms with Crippen molar-refractivity contribution in [2.75, 3.05) is 0 Å². The van der Waals surface area contributed by atoms with E-state index in [9.17, 15) is 0 Å². The van der Waals surface area contributed by atoms with Gasteiger partial charge in [-0.3, -0.25) is 4.98 Å². The highest BCUT2D eigenvalue weighted by Gasteiger charge is 2.03. The van der Waals surface area contributed by atoms with Crippen LogP contribution in [0.25, 0.3) is 11.0 Å². The molecule has 0 aliphatic heterocycles. The quantitative estimate of drug-likeness (QED) is 0.661. The molecule has 0 spiro atoms. The van der Waals surface area contributed by atoms with Gasteiger partial charge < -0.3 is 0 Å². The van der Waals surface area contributed by atoms with Gasteiger partial charge in [0, 0.05) is 6.20 Å². The maximum Gasteiger partial charge on any atom is 0.126 e. The Morgan fingerprint density at radius 3 is 2.92 bits per heavy atom. The highest BCUT2D eigenvalue weighted by Crippen LogP contribution is 2.12. The lowest BCUT2D eigenvalue weighted by Crippen LogP contribution is -1.97. The van der Waals surface area contributed by atoms with E-state index >= 15 is 0 Å². The van der Waals surface area contributed by atoms with E-state index in [2.05, 4.69) is 21.9 Å². The third kappa shape index (κ3) is 1.37. The van der Waals surface area contributed by atoms with Crippen molar-refractivity contribution in [3.63, 3.8) is 0 Å². The number of hydrogen-bond donors (Lipinski definition) is 0. The second-order valence-corrected chi connectivity index (χ2v) is 2.94. The first-order valence-electron chi connectivity index (χ1n) is 4.39. The molecule has 2 rings (SSSR count). The van der Waals surface area contributed by atoms with E-state index in [1.807, 2.05) is 19.1 Å². The molecule has 0 amide bonds. The van der Waals surface area contributed by atoms with Gasteiger partial charge >= 0.3 is 0 Å². The summed E-state index contributed by atoms with van der Waals surface area (Å²) in [5.74, 6) is 0.817. The second-order valence-electron chi connectivity index (χ2n) is 2.94. The SMILES string of the molecule is CCc1nc(C)nc2cccnc12. The predicted octanol–water partition coefficient (Wildman–Crippen LogP) is 1.90. The Morgan fingerprint density at radius 1 is 1.31 bits per heavy atom. The molecule has 0 aromatic carbocycles. The highest BCUT2D eigenvalue weighted by molar-refractivity contribution is 5.75. The summed E-state index contributed by atoms with van der Waals surface area (Å²) in [6, 6.07) is 3.87. The summed E-state index contributed by atoms with van der Waals surface area (Å²) in [7, 11) is 0. The Morgan fingerprint density at radius 2 is 2.15 bits per heavy atom. The fraction of sp³-hybridized carbons (Fsp3) is 0.300. The molecular weight excluding hydrogens is 162 g/mol. The first-order valence-corrected chi connectivity index (χ1v) is 4.39. The molecule has 0 atom stereocenters. The molecule has 0 unspecified atom stereocenters. The van der Waals surface area contributed by atoms with Crippen LogP contribution < -0.4 is 0 Å². The largest absolute Gasteiger partial charge is 0.253 e. The third-order valence-corrected chi connectivity index (χ3v) is 1.97. The predicted molar refractivity (Wildman–Crippen MR) is 51.4 cm³/mol. The molecule has 0 aliphatic rings. The third-order valence-electron chi connectivity index (χ3n) is 1.97. The van der Waals surface area contributed by atoms with Gasteiger partial charge in [0.2, 0.25) is 0 Å². The van der Waals surface area contributed by atoms with E-state index in [1.54, 1.807) is 6.20 Å². The van der Waals surface area contributed by atoms with Crippen molar-refractivity contribution in [2.24, 2.45) is 0 Å². The smallest absolute Gasteiger partial charge is 0.126 e. The number of pyridine rings is 1. The van der Waals surface area contributed by atoms with Crippen LogP contribution in [-0.2, 0) is 6.42 Å². The normalized spacial score (nSPS) is 10.6. The van der Waals surface area contributed by atoms with Crippen molar-refractivity contribution >= 4 is 11.0 Å². The summed E-state index contributed by atoms with van der Waals surface area (Å²) < 4.78 is 0. The molecule has 2 aromatic rings. The molecule has 0 saturated heterocycles. The lowest BCUT2D eigenvalue weighted by Gasteiger charge is -2.02. The zero-order valence-corrected chi connectivity index (χ0v) is 7.78. The van der Waals surface area contributed by atoms with E-state index in [0.29, 0.717) is 0 Å². The van der Waals surface area contributed by atoms with E-state index in [1.165, 1.54) is 0 Å². The standard InChI is InChI=1S/C10H11N3/c1-3-8-10-9(5-4-6-11-10)13-7(2)12-8/h4-6H,3H2,1-2H3. The maximum absolute atomic E-state index is 4.35. The van der Waals surface area contributed by atoms with Crippen LogP contribution in [0.15, 0.2) is 18.3 Å². The Bertz CT molecular complexity index is 437. The maximum atomic E-state index is 4.35. The zero-order chi connectivity index (χ0) is 9.26. The van der Waals surface area contributed by atoms with Gasteiger partial charge in [-0.05, 0) is 25.5 Å². The van der Waals surface area contributed by atoms with Crippen LogP contribution in [0, 0.1) is 6.92 Å². The Kier molecular flexibility index (Phi) is 1.93. The van der Waals surface area contributed by atoms with Crippen molar-refractivity contribution in [2.45, 2.75) is 20.3 Å². The van der Waals surface area contributed by atoms with E-state index < -0.39 is 0 Å². The topological polar surface area (TPSA) is 38.7 Å². The minimum absolute atomic E-state index is 0.817. The number of hydrogen-bond acceptors (Lipinski definition) is 3. The van der Waals surface area contributed by atoms with Gasteiger partial charge in [0.05, 0.1) is 11.2 Å². The summed E-state index contributed by atoms with van der Waals surface area (Å²) in [5.41, 5.74) is 2.89. The van der Waals surface area contributed by atoms with Gasteiger partial charge in [0.25, 0.3) is 0 Å². The van der Waals surface area contributed by atoms with Crippen molar-refractivity contribution < 1.29 is 0 Å². The molecule has 0 N–H and O–H groups in total. The number of aromatic nitrogens is 3. The van der Waals surface area contributed by atoms with E-state index in [-0.39, 0.29) is 0 Å². The van der Waals surface area contributed by atoms with Crippen LogP contribution >= 0.6 is 0 Å². The Labute approximate surface area is 76.9 Å². The van der Waals surface area contributed by atoms with Crippen LogP contribution in [0.4, 0.5) is 0 Å². The van der Waals surface area contributed by atoms with Gasteiger partial charge in [-0.15, -0.1) is 0 Å². The molecule has 0 saturated carbocycles. The molecule has 0 radical (unpaired) electrons. The second kappa shape index (κ2) is 3.09. The molecule has 13 heavy (non-hydrogen) atoms. The molecule has 3 nitrogen and oxygen atoms in total. The van der Waals surface area contributed by atoms with Crippen molar-refractivity contribution in [3.05, 3.63) is 29.8 Å². The van der Waals surface area contributed by atoms with Gasteiger partial charge in [-0.25, -0.2) is 9.97 Å². The Balaban J connectivity index is 2.81. The summed E-state index contributed by atoms with van der Waals surface area (Å²) in [6.45, 7) is 3.99. The lowest BCUT2D eigenvalue weighted by molar-refractivity contribution is 0.971. The minimum atomic E-state index is 0.817. The van der Waals surface area contributed by atoms with Gasteiger partial charge in [-0.2, -0.15) is 0 Å². The van der Waals surface area contributed by atoms with Crippen molar-refractivity contribution in [1.82, 2.24) is 15.0 Å². The Hall–Kier alpha value is -1.51. The molecule has 2 heterocycles. The lowest BCUT2D eigenvalue weighted by atomic mass is 10.2. The minimum Gasteiger partial charge on any atom is -0.253 e. The van der Waals surface area contributed by atoms with Crippen LogP contribution in [0.3, 0.4) is 0 Å². The molecule has 0 fully saturated rings. The molecular formula is C10H11N3. The van der Waals surface area contributed by atoms with Crippen LogP contribution in [-0.4, -0.2) is 15.0 Å². The van der Waals surface area contributed by atoms with Crippen LogP contribution in [0.2, 0.25) is 0 Å². The van der Waals surface area contributed by atoms with Crippen molar-refractivity contribution in [3.8, 4) is 0 Å². The highest BCUT2D eigenvalue weighted by atomic mass is 14.9. The fourth-order valence-electron chi connectivity index (χ4n) is 1.40. The van der Waals surface area contributed by atoms with Crippen molar-refractivity contribution in [1.29, 1.82) is 0 Å². The molecule has 2 aromatic heterocycles. The molecule has 0 aliphatic carbocycles. The zero-order valence-electron chi connectivity index (χ0n) is 7.78. The van der Waals surface area contributed by atoms with Gasteiger partial charge in [0.1, 0.15) is 11.3 Å². The summed E-state index contributed by atoms with van der Waals surface area (Å²) in [4.78, 5) is 12.9. The number of aryl methyl sites for hydroxylation is 2. The van der Waals surface area contributed by atoms with Crippen LogP contribution in [0.5, 0.6) is 0 Å². The number of nitrogens with zero attached hydrogens (tertiary/aromatic N) is 3. The van der Waals surface area contributed by atoms with Crippen LogP contribution in [0.1, 0.15) is 18.4 Å². The van der Waals surface area contributed by atoms with Gasteiger partial charge in [0.15, 0.2) is 0 Å². The van der Waals surface area contributed by atoms with E-state index in [4.69, 9.17) is 0 Å². The fourth-order valence-corrected chi connectivity index (χ4v) is 1.40. The molecule has 0 bridgehead atoms. The number of fused-ring (bicyclic) bond motifs is 1. The summed E-state index contributed by atoms with van der Waals surface area (Å²) in [5, 5.41) is 0. The van der Waals surface area contributed by atoms with Gasteiger partial charge in [-0.1, -0.05) is 6.92 Å². The molecule has 66 valence electrons. The van der Waals surface area contributed by atoms with E-state index in [0.717, 1.165) is 29.0 Å². The monoisotopic (exact) mass is 173 g/mol. The average Bonchev–Trinajstić information content (AvgIpc) is 2.16. The first-order chi connectivity index (χ1) is 6.31. The summed E-state index contributed by atoms with van der Waals surface area (Å²) >= 11 is 0. The number of rotatable bonds is 1.